The molecule has 2 saturated heterocycles. The maximum atomic E-state index is 11.6. The van der Waals surface area contributed by atoms with Crippen molar-refractivity contribution in [1.82, 2.24) is 10.1 Å². The van der Waals surface area contributed by atoms with Gasteiger partial charge in [-0.2, -0.15) is 28.5 Å². The first-order valence-corrected chi connectivity index (χ1v) is 8.83. The summed E-state index contributed by atoms with van der Waals surface area (Å²) in [4.78, 5) is 16.0. The molecule has 92 valence electrons. The lowest BCUT2D eigenvalue weighted by atomic mass is 10.1. The number of Topliss-reactive ketones (excluding diaryl/α,β-unsaturated/α-hetero) is 1. The molecule has 1 aromatic heterocycles. The van der Waals surface area contributed by atoms with Crippen LogP contribution < -0.4 is 0 Å². The van der Waals surface area contributed by atoms with Crippen LogP contribution >= 0.6 is 35.3 Å². The van der Waals surface area contributed by atoms with Crippen molar-refractivity contribution < 1.29 is 9.32 Å². The highest BCUT2D eigenvalue weighted by molar-refractivity contribution is 8.06. The molecule has 17 heavy (non-hydrogen) atoms. The van der Waals surface area contributed by atoms with Crippen molar-refractivity contribution in [2.24, 2.45) is 0 Å². The highest BCUT2D eigenvalue weighted by atomic mass is 32.2. The smallest absolute Gasteiger partial charge is 0.238 e. The Morgan fingerprint density at radius 1 is 1.24 bits per heavy atom. The van der Waals surface area contributed by atoms with Crippen LogP contribution in [0.1, 0.15) is 22.9 Å². The minimum atomic E-state index is -0.164. The average Bonchev–Trinajstić information content (AvgIpc) is 2.98. The quantitative estimate of drug-likeness (QED) is 0.824. The summed E-state index contributed by atoms with van der Waals surface area (Å²) in [6, 6.07) is 0. The molecule has 0 aromatic carbocycles. The van der Waals surface area contributed by atoms with E-state index in [0.717, 1.165) is 23.1 Å². The highest BCUT2D eigenvalue weighted by Gasteiger charge is 2.32. The Bertz CT molecular complexity index is 417. The monoisotopic (exact) mass is 288 g/mol. The number of thioether (sulfide) groups is 3. The van der Waals surface area contributed by atoms with Gasteiger partial charge in [-0.3, -0.25) is 4.79 Å². The van der Waals surface area contributed by atoms with Crippen LogP contribution in [0.5, 0.6) is 0 Å². The number of carbonyl (C=O) groups is 1. The zero-order chi connectivity index (χ0) is 11.7. The zero-order valence-corrected chi connectivity index (χ0v) is 11.6. The van der Waals surface area contributed by atoms with Crippen LogP contribution in [0.25, 0.3) is 0 Å². The lowest BCUT2D eigenvalue weighted by Gasteiger charge is -2.17. The minimum Gasteiger partial charge on any atom is -0.338 e. The lowest BCUT2D eigenvalue weighted by Crippen LogP contribution is -2.11. The number of carbonyl (C=O) groups excluding carboxylic acids is 1. The van der Waals surface area contributed by atoms with E-state index in [-0.39, 0.29) is 11.7 Å². The van der Waals surface area contributed by atoms with E-state index < -0.39 is 0 Å². The SMILES string of the molecule is O=C1CSCC1c1nc(C2CSCCS2)no1. The fourth-order valence-corrected chi connectivity index (χ4v) is 5.51. The molecule has 2 unspecified atom stereocenters. The molecule has 0 amide bonds. The van der Waals surface area contributed by atoms with Gasteiger partial charge < -0.3 is 4.52 Å². The van der Waals surface area contributed by atoms with Crippen molar-refractivity contribution in [2.75, 3.05) is 28.8 Å². The molecule has 0 radical (unpaired) electrons. The Balaban J connectivity index is 1.75. The minimum absolute atomic E-state index is 0.164. The number of nitrogens with zero attached hydrogens (tertiary/aromatic N) is 2. The maximum absolute atomic E-state index is 11.6. The standard InChI is InChI=1S/C10H12N2O2S3/c13-7-4-16-3-6(7)10-11-9(12-14-10)8-5-15-1-2-17-8/h6,8H,1-5H2. The van der Waals surface area contributed by atoms with Crippen LogP contribution in [-0.4, -0.2) is 44.7 Å². The number of hydrogen-bond donors (Lipinski definition) is 0. The molecule has 0 aliphatic carbocycles. The predicted molar refractivity (Wildman–Crippen MR) is 71.9 cm³/mol. The zero-order valence-electron chi connectivity index (χ0n) is 9.13. The normalized spacial score (nSPS) is 29.8. The maximum Gasteiger partial charge on any atom is 0.238 e. The summed E-state index contributed by atoms with van der Waals surface area (Å²) in [7, 11) is 0. The number of ketones is 1. The van der Waals surface area contributed by atoms with Gasteiger partial charge in [-0.25, -0.2) is 0 Å². The molecule has 3 heterocycles. The summed E-state index contributed by atoms with van der Waals surface area (Å²) in [5.41, 5.74) is 0. The van der Waals surface area contributed by atoms with E-state index >= 15 is 0 Å². The van der Waals surface area contributed by atoms with Crippen molar-refractivity contribution in [3.05, 3.63) is 11.7 Å². The van der Waals surface area contributed by atoms with Crippen molar-refractivity contribution >= 4 is 41.1 Å². The van der Waals surface area contributed by atoms with Gasteiger partial charge in [0.05, 0.1) is 11.0 Å². The van der Waals surface area contributed by atoms with E-state index in [2.05, 4.69) is 10.1 Å². The fourth-order valence-electron chi connectivity index (χ4n) is 1.84. The molecular weight excluding hydrogens is 276 g/mol. The van der Waals surface area contributed by atoms with E-state index in [9.17, 15) is 4.79 Å². The molecule has 2 aliphatic rings. The number of aromatic nitrogens is 2. The summed E-state index contributed by atoms with van der Waals surface area (Å²) in [6.45, 7) is 0. The number of rotatable bonds is 2. The molecule has 2 aliphatic heterocycles. The molecule has 0 N–H and O–H groups in total. The van der Waals surface area contributed by atoms with Gasteiger partial charge in [0, 0.05) is 23.0 Å². The van der Waals surface area contributed by atoms with E-state index in [1.54, 1.807) is 11.8 Å². The predicted octanol–water partition coefficient (Wildman–Crippen LogP) is 1.99. The van der Waals surface area contributed by atoms with Gasteiger partial charge in [0.15, 0.2) is 11.6 Å². The third-order valence-corrected chi connectivity index (χ3v) is 6.59. The van der Waals surface area contributed by atoms with Gasteiger partial charge in [-0.05, 0) is 0 Å². The number of hydrogen-bond acceptors (Lipinski definition) is 7. The lowest BCUT2D eigenvalue weighted by molar-refractivity contribution is -0.117. The highest BCUT2D eigenvalue weighted by Crippen LogP contribution is 2.36. The first-order valence-electron chi connectivity index (χ1n) is 5.48. The average molecular weight is 288 g/mol. The van der Waals surface area contributed by atoms with Crippen LogP contribution in [0, 0.1) is 0 Å². The topological polar surface area (TPSA) is 56.0 Å². The molecule has 0 bridgehead atoms. The second kappa shape index (κ2) is 5.24. The largest absolute Gasteiger partial charge is 0.338 e. The molecule has 7 heteroatoms. The van der Waals surface area contributed by atoms with Crippen LogP contribution in [0.2, 0.25) is 0 Å². The van der Waals surface area contributed by atoms with Crippen molar-refractivity contribution in [2.45, 2.75) is 11.2 Å². The third-order valence-electron chi connectivity index (χ3n) is 2.78. The molecule has 3 rings (SSSR count). The van der Waals surface area contributed by atoms with Crippen LogP contribution in [0.3, 0.4) is 0 Å². The molecule has 2 atom stereocenters. The van der Waals surface area contributed by atoms with Crippen molar-refractivity contribution in [3.63, 3.8) is 0 Å². The Kier molecular flexibility index (Phi) is 3.67. The van der Waals surface area contributed by atoms with Gasteiger partial charge in [0.2, 0.25) is 5.89 Å². The van der Waals surface area contributed by atoms with Gasteiger partial charge in [0.1, 0.15) is 5.92 Å². The van der Waals surface area contributed by atoms with E-state index in [0.29, 0.717) is 16.9 Å². The first kappa shape index (κ1) is 11.9. The summed E-state index contributed by atoms with van der Waals surface area (Å²) in [5.74, 6) is 6.08. The van der Waals surface area contributed by atoms with Crippen LogP contribution in [-0.2, 0) is 4.79 Å². The Morgan fingerprint density at radius 3 is 2.88 bits per heavy atom. The summed E-state index contributed by atoms with van der Waals surface area (Å²) in [6.07, 6.45) is 0. The van der Waals surface area contributed by atoms with Crippen LogP contribution in [0.15, 0.2) is 4.52 Å². The molecule has 0 spiro atoms. The van der Waals surface area contributed by atoms with Gasteiger partial charge in [0.25, 0.3) is 0 Å². The Morgan fingerprint density at radius 2 is 2.18 bits per heavy atom. The van der Waals surface area contributed by atoms with Gasteiger partial charge in [-0.1, -0.05) is 5.16 Å². The molecule has 0 saturated carbocycles. The summed E-state index contributed by atoms with van der Waals surface area (Å²) >= 11 is 5.45. The van der Waals surface area contributed by atoms with Gasteiger partial charge >= 0.3 is 0 Å². The Hall–Kier alpha value is -0.140. The van der Waals surface area contributed by atoms with Crippen molar-refractivity contribution in [1.29, 1.82) is 0 Å². The molecular formula is C10H12N2O2S3. The van der Waals surface area contributed by atoms with Crippen molar-refractivity contribution in [3.8, 4) is 0 Å². The van der Waals surface area contributed by atoms with Gasteiger partial charge in [-0.15, -0.1) is 11.8 Å². The van der Waals surface area contributed by atoms with E-state index in [1.165, 1.54) is 5.75 Å². The first-order chi connectivity index (χ1) is 8.34. The summed E-state index contributed by atoms with van der Waals surface area (Å²) in [5, 5.41) is 4.37. The fraction of sp³-hybridized carbons (Fsp3) is 0.700. The summed E-state index contributed by atoms with van der Waals surface area (Å²) < 4.78 is 5.25. The second-order valence-corrected chi connectivity index (χ2v) is 7.45. The molecule has 1 aromatic rings. The van der Waals surface area contributed by atoms with Crippen LogP contribution in [0.4, 0.5) is 0 Å². The Labute approximate surface area is 112 Å². The molecule has 2 fully saturated rings. The third kappa shape index (κ3) is 2.51. The van der Waals surface area contributed by atoms with E-state index in [1.807, 2.05) is 23.5 Å². The molecule has 4 nitrogen and oxygen atoms in total. The second-order valence-electron chi connectivity index (χ2n) is 3.96. The van der Waals surface area contributed by atoms with E-state index in [4.69, 9.17) is 4.52 Å².